The van der Waals surface area contributed by atoms with E-state index in [1.807, 2.05) is 0 Å². The lowest BCUT2D eigenvalue weighted by molar-refractivity contribution is -0.0112. The molecule has 1 unspecified atom stereocenters. The summed E-state index contributed by atoms with van der Waals surface area (Å²) in [6.07, 6.45) is 6.78. The molecule has 94 valence electrons. The molecule has 1 atom stereocenters. The van der Waals surface area contributed by atoms with E-state index >= 15 is 0 Å². The third-order valence-electron chi connectivity index (χ3n) is 2.80. The molecule has 1 fully saturated rings. The lowest BCUT2D eigenvalue weighted by atomic mass is 10.1. The van der Waals surface area contributed by atoms with Gasteiger partial charge in [-0.1, -0.05) is 11.6 Å². The van der Waals surface area contributed by atoms with Crippen LogP contribution in [-0.2, 0) is 10.6 Å². The summed E-state index contributed by atoms with van der Waals surface area (Å²) >= 11 is 11.8. The molecular weight excluding hydrogens is 261 g/mol. The summed E-state index contributed by atoms with van der Waals surface area (Å²) in [6.45, 7) is 1.36. The van der Waals surface area contributed by atoms with Crippen molar-refractivity contribution in [1.29, 1.82) is 0 Å². The van der Waals surface area contributed by atoms with Crippen LogP contribution in [-0.4, -0.2) is 24.3 Å². The Labute approximate surface area is 111 Å². The van der Waals surface area contributed by atoms with E-state index in [-0.39, 0.29) is 6.10 Å². The highest BCUT2D eigenvalue weighted by Gasteiger charge is 2.16. The third kappa shape index (κ3) is 3.47. The second-order valence-electron chi connectivity index (χ2n) is 4.03. The number of ether oxygens (including phenoxy) is 2. The van der Waals surface area contributed by atoms with Crippen molar-refractivity contribution < 1.29 is 9.47 Å². The number of aromatic nitrogens is 1. The number of rotatable bonds is 4. The van der Waals surface area contributed by atoms with Crippen LogP contribution >= 0.6 is 23.2 Å². The Morgan fingerprint density at radius 1 is 1.41 bits per heavy atom. The molecule has 0 N–H and O–H groups in total. The van der Waals surface area contributed by atoms with Crippen LogP contribution in [0.1, 0.15) is 24.8 Å². The second kappa shape index (κ2) is 6.43. The van der Waals surface area contributed by atoms with E-state index in [0.717, 1.165) is 25.0 Å². The molecule has 0 spiro atoms. The largest absolute Gasteiger partial charge is 0.489 e. The lowest BCUT2D eigenvalue weighted by Gasteiger charge is -2.23. The molecule has 1 aromatic rings. The normalized spacial score (nSPS) is 20.2. The van der Waals surface area contributed by atoms with E-state index < -0.39 is 0 Å². The van der Waals surface area contributed by atoms with Crippen LogP contribution in [0, 0.1) is 0 Å². The maximum absolute atomic E-state index is 5.99. The molecule has 1 aliphatic rings. The topological polar surface area (TPSA) is 31.4 Å². The van der Waals surface area contributed by atoms with Crippen LogP contribution in [0.2, 0.25) is 5.02 Å². The van der Waals surface area contributed by atoms with Crippen molar-refractivity contribution in [3.63, 3.8) is 0 Å². The highest BCUT2D eigenvalue weighted by Crippen LogP contribution is 2.27. The number of hydrogen-bond donors (Lipinski definition) is 0. The maximum Gasteiger partial charge on any atom is 0.143 e. The van der Waals surface area contributed by atoms with Crippen LogP contribution in [0.3, 0.4) is 0 Å². The average Bonchev–Trinajstić information content (AvgIpc) is 2.37. The molecule has 2 rings (SSSR count). The first-order valence-corrected chi connectivity index (χ1v) is 6.65. The van der Waals surface area contributed by atoms with Gasteiger partial charge in [0.2, 0.25) is 0 Å². The highest BCUT2D eigenvalue weighted by atomic mass is 35.5. The van der Waals surface area contributed by atoms with Crippen LogP contribution in [0.15, 0.2) is 12.4 Å². The minimum Gasteiger partial charge on any atom is -0.489 e. The van der Waals surface area contributed by atoms with Crippen molar-refractivity contribution in [3.05, 3.63) is 23.0 Å². The number of halogens is 2. The van der Waals surface area contributed by atoms with Crippen LogP contribution < -0.4 is 4.74 Å². The Balaban J connectivity index is 1.95. The summed E-state index contributed by atoms with van der Waals surface area (Å²) in [5.74, 6) is 0.976. The summed E-state index contributed by atoms with van der Waals surface area (Å²) in [5, 5.41) is 0.544. The van der Waals surface area contributed by atoms with E-state index in [2.05, 4.69) is 4.98 Å². The molecular formula is C12H15Cl2NO2. The zero-order valence-electron chi connectivity index (χ0n) is 9.49. The summed E-state index contributed by atoms with van der Waals surface area (Å²) in [5.41, 5.74) is 0.791. The van der Waals surface area contributed by atoms with Gasteiger partial charge in [0.15, 0.2) is 0 Å². The Morgan fingerprint density at radius 3 is 3.00 bits per heavy atom. The fraction of sp³-hybridized carbons (Fsp3) is 0.583. The summed E-state index contributed by atoms with van der Waals surface area (Å²) < 4.78 is 11.3. The molecule has 17 heavy (non-hydrogen) atoms. The number of hydrogen-bond acceptors (Lipinski definition) is 3. The van der Waals surface area contributed by atoms with E-state index in [9.17, 15) is 0 Å². The van der Waals surface area contributed by atoms with Crippen molar-refractivity contribution in [2.24, 2.45) is 0 Å². The quantitative estimate of drug-likeness (QED) is 0.789. The predicted octanol–water partition coefficient (Wildman–Crippen LogP) is 3.42. The first-order chi connectivity index (χ1) is 8.31. The van der Waals surface area contributed by atoms with Crippen molar-refractivity contribution in [1.82, 2.24) is 4.98 Å². The first kappa shape index (κ1) is 12.9. The van der Waals surface area contributed by atoms with Gasteiger partial charge >= 0.3 is 0 Å². The smallest absolute Gasteiger partial charge is 0.143 e. The molecule has 0 aliphatic carbocycles. The van der Waals surface area contributed by atoms with Gasteiger partial charge in [0.05, 0.1) is 23.2 Å². The molecule has 1 aliphatic heterocycles. The summed E-state index contributed by atoms with van der Waals surface area (Å²) in [6, 6.07) is 0. The predicted molar refractivity (Wildman–Crippen MR) is 67.9 cm³/mol. The molecule has 2 heterocycles. The van der Waals surface area contributed by atoms with Gasteiger partial charge < -0.3 is 9.47 Å². The molecule has 1 aromatic heterocycles. The van der Waals surface area contributed by atoms with Crippen molar-refractivity contribution in [3.8, 4) is 5.75 Å². The zero-order chi connectivity index (χ0) is 12.1. The number of nitrogens with zero attached hydrogens (tertiary/aromatic N) is 1. The highest BCUT2D eigenvalue weighted by molar-refractivity contribution is 6.32. The zero-order valence-corrected chi connectivity index (χ0v) is 11.0. The molecule has 0 saturated carbocycles. The lowest BCUT2D eigenvalue weighted by Crippen LogP contribution is -2.26. The van der Waals surface area contributed by atoms with Crippen molar-refractivity contribution in [2.45, 2.75) is 31.2 Å². The molecule has 0 bridgehead atoms. The SMILES string of the molecule is ClCc1c(Cl)cncc1OCC1CCCCO1. The van der Waals surface area contributed by atoms with Gasteiger partial charge in [-0.05, 0) is 19.3 Å². The van der Waals surface area contributed by atoms with Gasteiger partial charge in [0.25, 0.3) is 0 Å². The molecule has 1 saturated heterocycles. The minimum atomic E-state index is 0.172. The van der Waals surface area contributed by atoms with Gasteiger partial charge in [-0.15, -0.1) is 11.6 Å². The fourth-order valence-corrected chi connectivity index (χ4v) is 2.38. The van der Waals surface area contributed by atoms with Gasteiger partial charge in [-0.2, -0.15) is 0 Å². The maximum atomic E-state index is 5.99. The van der Waals surface area contributed by atoms with Gasteiger partial charge in [0.1, 0.15) is 12.4 Å². The fourth-order valence-electron chi connectivity index (χ4n) is 1.82. The van der Waals surface area contributed by atoms with Gasteiger partial charge in [-0.3, -0.25) is 4.98 Å². The molecule has 0 amide bonds. The molecule has 3 nitrogen and oxygen atoms in total. The average molecular weight is 276 g/mol. The molecule has 0 radical (unpaired) electrons. The van der Waals surface area contributed by atoms with E-state index in [1.165, 1.54) is 6.42 Å². The number of pyridine rings is 1. The molecule has 5 heteroatoms. The Bertz CT molecular complexity index is 368. The minimum absolute atomic E-state index is 0.172. The third-order valence-corrected chi connectivity index (χ3v) is 3.39. The van der Waals surface area contributed by atoms with Gasteiger partial charge in [-0.25, -0.2) is 0 Å². The number of alkyl halides is 1. The summed E-state index contributed by atoms with van der Waals surface area (Å²) in [7, 11) is 0. The van der Waals surface area contributed by atoms with E-state index in [1.54, 1.807) is 12.4 Å². The standard InChI is InChI=1S/C12H15Cl2NO2/c13-5-10-11(14)6-15-7-12(10)17-8-9-3-1-2-4-16-9/h6-7,9H,1-5,8H2. The monoisotopic (exact) mass is 275 g/mol. The second-order valence-corrected chi connectivity index (χ2v) is 4.71. The molecule has 0 aromatic carbocycles. The van der Waals surface area contributed by atoms with Crippen LogP contribution in [0.4, 0.5) is 0 Å². The Kier molecular flexibility index (Phi) is 4.89. The van der Waals surface area contributed by atoms with Crippen LogP contribution in [0.25, 0.3) is 0 Å². The Hall–Kier alpha value is -0.510. The summed E-state index contributed by atoms with van der Waals surface area (Å²) in [4.78, 5) is 4.00. The van der Waals surface area contributed by atoms with Crippen molar-refractivity contribution in [2.75, 3.05) is 13.2 Å². The van der Waals surface area contributed by atoms with Crippen LogP contribution in [0.5, 0.6) is 5.75 Å². The van der Waals surface area contributed by atoms with Gasteiger partial charge in [0, 0.05) is 18.4 Å². The van der Waals surface area contributed by atoms with Crippen molar-refractivity contribution >= 4 is 23.2 Å². The first-order valence-electron chi connectivity index (χ1n) is 5.74. The van der Waals surface area contributed by atoms with E-state index in [0.29, 0.717) is 23.3 Å². The van der Waals surface area contributed by atoms with E-state index in [4.69, 9.17) is 32.7 Å². The Morgan fingerprint density at radius 2 is 2.29 bits per heavy atom.